The Hall–Kier alpha value is -3.13. The van der Waals surface area contributed by atoms with Crippen LogP contribution in [0.3, 0.4) is 0 Å². The largest absolute Gasteiger partial charge is 0.497 e. The highest BCUT2D eigenvalue weighted by atomic mass is 32.2. The SMILES string of the molecule is COc1ccc(N2CCN(C(=O)CSc3nccn3-c3cccc(OC)c3)CC2)cc1. The number of ether oxygens (including phenoxy) is 2. The number of carbonyl (C=O) groups is 1. The predicted octanol–water partition coefficient (Wildman–Crippen LogP) is 3.33. The maximum atomic E-state index is 12.8. The maximum Gasteiger partial charge on any atom is 0.233 e. The topological polar surface area (TPSA) is 59.8 Å². The highest BCUT2D eigenvalue weighted by molar-refractivity contribution is 7.99. The van der Waals surface area contributed by atoms with Crippen molar-refractivity contribution >= 4 is 23.4 Å². The first-order chi connectivity index (χ1) is 15.2. The highest BCUT2D eigenvalue weighted by Crippen LogP contribution is 2.24. The summed E-state index contributed by atoms with van der Waals surface area (Å²) in [5, 5.41) is 0.790. The average molecular weight is 439 g/mol. The molecule has 8 heteroatoms. The van der Waals surface area contributed by atoms with E-state index in [0.29, 0.717) is 5.75 Å². The van der Waals surface area contributed by atoms with Gasteiger partial charge in [-0.15, -0.1) is 0 Å². The summed E-state index contributed by atoms with van der Waals surface area (Å²) in [5.74, 6) is 2.14. The number of hydrogen-bond donors (Lipinski definition) is 0. The van der Waals surface area contributed by atoms with Gasteiger partial charge in [-0.2, -0.15) is 0 Å². The van der Waals surface area contributed by atoms with Crippen molar-refractivity contribution in [2.45, 2.75) is 5.16 Å². The molecule has 3 aromatic rings. The van der Waals surface area contributed by atoms with Gasteiger partial charge in [-0.05, 0) is 36.4 Å². The van der Waals surface area contributed by atoms with Gasteiger partial charge < -0.3 is 19.3 Å². The van der Waals surface area contributed by atoms with Gasteiger partial charge in [0.2, 0.25) is 5.91 Å². The van der Waals surface area contributed by atoms with Crippen LogP contribution in [0.1, 0.15) is 0 Å². The van der Waals surface area contributed by atoms with Crippen LogP contribution in [0.15, 0.2) is 66.1 Å². The first kappa shape index (κ1) is 21.1. The zero-order chi connectivity index (χ0) is 21.6. The van der Waals surface area contributed by atoms with Crippen LogP contribution in [0, 0.1) is 0 Å². The lowest BCUT2D eigenvalue weighted by molar-refractivity contribution is -0.128. The third-order valence-corrected chi connectivity index (χ3v) is 6.28. The molecule has 0 spiro atoms. The zero-order valence-electron chi connectivity index (χ0n) is 17.7. The van der Waals surface area contributed by atoms with Crippen LogP contribution in [0.5, 0.6) is 11.5 Å². The number of piperazine rings is 1. The molecule has 4 rings (SSSR count). The summed E-state index contributed by atoms with van der Waals surface area (Å²) in [6.45, 7) is 3.08. The summed E-state index contributed by atoms with van der Waals surface area (Å²) in [4.78, 5) is 21.4. The Balaban J connectivity index is 1.31. The number of benzene rings is 2. The van der Waals surface area contributed by atoms with Crippen LogP contribution in [-0.4, -0.2) is 66.5 Å². The van der Waals surface area contributed by atoms with E-state index in [4.69, 9.17) is 9.47 Å². The molecule has 162 valence electrons. The number of thioether (sulfide) groups is 1. The first-order valence-corrected chi connectivity index (χ1v) is 11.1. The van der Waals surface area contributed by atoms with Crippen molar-refractivity contribution in [1.82, 2.24) is 14.5 Å². The fourth-order valence-corrected chi connectivity index (χ4v) is 4.45. The van der Waals surface area contributed by atoms with Crippen molar-refractivity contribution in [3.8, 4) is 17.2 Å². The average Bonchev–Trinajstić information content (AvgIpc) is 3.31. The van der Waals surface area contributed by atoms with Crippen LogP contribution < -0.4 is 14.4 Å². The van der Waals surface area contributed by atoms with Gasteiger partial charge in [0.05, 0.1) is 25.7 Å². The molecular weight excluding hydrogens is 412 g/mol. The van der Waals surface area contributed by atoms with Crippen molar-refractivity contribution < 1.29 is 14.3 Å². The molecule has 31 heavy (non-hydrogen) atoms. The molecule has 1 fully saturated rings. The molecule has 1 amide bonds. The standard InChI is InChI=1S/C23H26N4O3S/c1-29-20-8-6-18(7-9-20)25-12-14-26(15-13-25)22(28)17-31-23-24-10-11-27(23)19-4-3-5-21(16-19)30-2/h3-11,16H,12-15,17H2,1-2H3. The Morgan fingerprint density at radius 1 is 0.968 bits per heavy atom. The number of hydrogen-bond acceptors (Lipinski definition) is 6. The molecule has 2 aromatic carbocycles. The Labute approximate surface area is 186 Å². The van der Waals surface area contributed by atoms with Crippen LogP contribution in [0.2, 0.25) is 0 Å². The van der Waals surface area contributed by atoms with E-state index in [-0.39, 0.29) is 5.91 Å². The van der Waals surface area contributed by atoms with Crippen molar-refractivity contribution in [1.29, 1.82) is 0 Å². The summed E-state index contributed by atoms with van der Waals surface area (Å²) >= 11 is 1.46. The second-order valence-electron chi connectivity index (χ2n) is 7.14. The summed E-state index contributed by atoms with van der Waals surface area (Å²) < 4.78 is 12.5. The van der Waals surface area contributed by atoms with Crippen molar-refractivity contribution in [2.75, 3.05) is 51.1 Å². The molecule has 0 N–H and O–H groups in total. The van der Waals surface area contributed by atoms with E-state index < -0.39 is 0 Å². The molecule has 1 aromatic heterocycles. The number of carbonyl (C=O) groups excluding carboxylic acids is 1. The van der Waals surface area contributed by atoms with E-state index >= 15 is 0 Å². The summed E-state index contributed by atoms with van der Waals surface area (Å²) in [5.41, 5.74) is 2.11. The van der Waals surface area contributed by atoms with Crippen LogP contribution in [0.4, 0.5) is 5.69 Å². The number of imidazole rings is 1. The van der Waals surface area contributed by atoms with Crippen molar-refractivity contribution in [3.05, 3.63) is 60.9 Å². The lowest BCUT2D eigenvalue weighted by Crippen LogP contribution is -2.49. The monoisotopic (exact) mass is 438 g/mol. The zero-order valence-corrected chi connectivity index (χ0v) is 18.5. The van der Waals surface area contributed by atoms with Gasteiger partial charge in [0.1, 0.15) is 11.5 Å². The Morgan fingerprint density at radius 3 is 2.42 bits per heavy atom. The first-order valence-electron chi connectivity index (χ1n) is 10.2. The summed E-state index contributed by atoms with van der Waals surface area (Å²) in [6, 6.07) is 15.8. The normalized spacial score (nSPS) is 13.9. The lowest BCUT2D eigenvalue weighted by atomic mass is 10.2. The maximum absolute atomic E-state index is 12.8. The number of anilines is 1. The molecule has 0 aliphatic carbocycles. The Kier molecular flexibility index (Phi) is 6.66. The minimum absolute atomic E-state index is 0.138. The fourth-order valence-electron chi connectivity index (χ4n) is 3.58. The smallest absolute Gasteiger partial charge is 0.233 e. The van der Waals surface area contributed by atoms with Gasteiger partial charge >= 0.3 is 0 Å². The molecular formula is C23H26N4O3S. The number of rotatable bonds is 7. The minimum atomic E-state index is 0.138. The van der Waals surface area contributed by atoms with Gasteiger partial charge in [-0.25, -0.2) is 4.98 Å². The van der Waals surface area contributed by atoms with E-state index in [9.17, 15) is 4.79 Å². The lowest BCUT2D eigenvalue weighted by Gasteiger charge is -2.36. The van der Waals surface area contributed by atoms with Crippen molar-refractivity contribution in [3.63, 3.8) is 0 Å². The van der Waals surface area contributed by atoms with E-state index in [1.807, 2.05) is 52.1 Å². The molecule has 7 nitrogen and oxygen atoms in total. The Morgan fingerprint density at radius 2 is 1.71 bits per heavy atom. The van der Waals surface area contributed by atoms with E-state index in [1.54, 1.807) is 20.4 Å². The van der Waals surface area contributed by atoms with Crippen LogP contribution in [0.25, 0.3) is 5.69 Å². The highest BCUT2D eigenvalue weighted by Gasteiger charge is 2.22. The quantitative estimate of drug-likeness (QED) is 0.528. The molecule has 0 bridgehead atoms. The molecule has 0 atom stereocenters. The molecule has 0 radical (unpaired) electrons. The predicted molar refractivity (Wildman–Crippen MR) is 123 cm³/mol. The molecule has 0 saturated carbocycles. The van der Waals surface area contributed by atoms with Crippen molar-refractivity contribution in [2.24, 2.45) is 0 Å². The van der Waals surface area contributed by atoms with Gasteiger partial charge in [-0.3, -0.25) is 9.36 Å². The molecule has 1 aliphatic rings. The van der Waals surface area contributed by atoms with Gasteiger partial charge in [0, 0.05) is 50.3 Å². The fraction of sp³-hybridized carbons (Fsp3) is 0.304. The van der Waals surface area contributed by atoms with Gasteiger partial charge in [0.25, 0.3) is 0 Å². The third kappa shape index (κ3) is 4.96. The second kappa shape index (κ2) is 9.78. The molecule has 0 unspecified atom stereocenters. The third-order valence-electron chi connectivity index (χ3n) is 5.33. The van der Waals surface area contributed by atoms with Gasteiger partial charge in [0.15, 0.2) is 5.16 Å². The molecule has 2 heterocycles. The van der Waals surface area contributed by atoms with E-state index in [1.165, 1.54) is 11.8 Å². The summed E-state index contributed by atoms with van der Waals surface area (Å²) in [7, 11) is 3.32. The molecule has 1 saturated heterocycles. The number of amides is 1. The number of aromatic nitrogens is 2. The van der Waals surface area contributed by atoms with Crippen LogP contribution >= 0.6 is 11.8 Å². The number of nitrogens with zero attached hydrogens (tertiary/aromatic N) is 4. The van der Waals surface area contributed by atoms with Gasteiger partial charge in [-0.1, -0.05) is 17.8 Å². The van der Waals surface area contributed by atoms with Crippen LogP contribution in [-0.2, 0) is 4.79 Å². The number of methoxy groups -OCH3 is 2. The second-order valence-corrected chi connectivity index (χ2v) is 8.08. The summed E-state index contributed by atoms with van der Waals surface area (Å²) in [6.07, 6.45) is 3.65. The Bertz CT molecular complexity index is 1010. The van der Waals surface area contributed by atoms with E-state index in [2.05, 4.69) is 22.0 Å². The van der Waals surface area contributed by atoms with E-state index in [0.717, 1.165) is 54.2 Å². The minimum Gasteiger partial charge on any atom is -0.497 e. The molecule has 1 aliphatic heterocycles.